The number of halogens is 1. The van der Waals surface area contributed by atoms with Gasteiger partial charge in [0.05, 0.1) is 11.3 Å². The normalized spacial score (nSPS) is 10.9. The van der Waals surface area contributed by atoms with Gasteiger partial charge in [-0.25, -0.2) is 5.43 Å². The highest BCUT2D eigenvalue weighted by atomic mass is 35.5. The fourth-order valence-corrected chi connectivity index (χ4v) is 2.25. The minimum Gasteiger partial charge on any atom is -0.484 e. The number of hydrogen-bond acceptors (Lipinski definition) is 6. The summed E-state index contributed by atoms with van der Waals surface area (Å²) in [5, 5.41) is 17.2. The van der Waals surface area contributed by atoms with Crippen molar-refractivity contribution >= 4 is 40.5 Å². The van der Waals surface area contributed by atoms with Crippen molar-refractivity contribution in [3.05, 3.63) is 63.7 Å². The molecule has 0 bridgehead atoms. The van der Waals surface area contributed by atoms with Crippen LogP contribution >= 0.6 is 11.6 Å². The molecule has 9 nitrogen and oxygen atoms in total. The maximum Gasteiger partial charge on any atom is 0.289 e. The van der Waals surface area contributed by atoms with Gasteiger partial charge in [-0.2, -0.15) is 5.10 Å². The molecule has 0 unspecified atom stereocenters. The molecule has 2 N–H and O–H groups in total. The molecule has 28 heavy (non-hydrogen) atoms. The van der Waals surface area contributed by atoms with E-state index in [4.69, 9.17) is 16.3 Å². The van der Waals surface area contributed by atoms with Crippen LogP contribution in [-0.2, 0) is 9.59 Å². The van der Waals surface area contributed by atoms with Crippen molar-refractivity contribution in [2.45, 2.75) is 13.3 Å². The lowest BCUT2D eigenvalue weighted by molar-refractivity contribution is -0.384. The van der Waals surface area contributed by atoms with Crippen molar-refractivity contribution in [2.24, 2.45) is 5.10 Å². The molecule has 0 heterocycles. The topological polar surface area (TPSA) is 123 Å². The van der Waals surface area contributed by atoms with E-state index in [0.717, 1.165) is 6.07 Å². The predicted octanol–water partition coefficient (Wildman–Crippen LogP) is 3.15. The summed E-state index contributed by atoms with van der Waals surface area (Å²) in [5.74, 6) is -0.376. The summed E-state index contributed by atoms with van der Waals surface area (Å²) in [6.07, 6.45) is -0.115. The fraction of sp³-hybridized carbons (Fsp3) is 0.167. The number of nitrogens with zero attached hydrogens (tertiary/aromatic N) is 2. The molecule has 10 heteroatoms. The zero-order valence-corrected chi connectivity index (χ0v) is 15.6. The number of carbonyl (C=O) groups excluding carboxylic acids is 2. The molecule has 2 aromatic carbocycles. The number of ether oxygens (including phenoxy) is 1. The summed E-state index contributed by atoms with van der Waals surface area (Å²) in [6.45, 7) is 1.34. The molecule has 146 valence electrons. The van der Waals surface area contributed by atoms with Gasteiger partial charge in [0.25, 0.3) is 11.6 Å². The van der Waals surface area contributed by atoms with Gasteiger partial charge in [-0.15, -0.1) is 0 Å². The van der Waals surface area contributed by atoms with Crippen LogP contribution in [-0.4, -0.2) is 29.1 Å². The number of hydrazone groups is 1. The predicted molar refractivity (Wildman–Crippen MR) is 105 cm³/mol. The van der Waals surface area contributed by atoms with Crippen molar-refractivity contribution in [3.8, 4) is 5.75 Å². The number of para-hydroxylation sites is 1. The third-order valence-corrected chi connectivity index (χ3v) is 3.65. The lowest BCUT2D eigenvalue weighted by atomic mass is 10.2. The quantitative estimate of drug-likeness (QED) is 0.397. The fourth-order valence-electron chi connectivity index (χ4n) is 2.06. The van der Waals surface area contributed by atoms with Crippen molar-refractivity contribution < 1.29 is 19.2 Å². The molecule has 0 aliphatic carbocycles. The molecule has 0 saturated carbocycles. The van der Waals surface area contributed by atoms with Gasteiger partial charge in [0.1, 0.15) is 10.8 Å². The van der Waals surface area contributed by atoms with E-state index >= 15 is 0 Å². The van der Waals surface area contributed by atoms with Crippen LogP contribution < -0.4 is 15.5 Å². The minimum absolute atomic E-state index is 0.0267. The maximum atomic E-state index is 12.0. The summed E-state index contributed by atoms with van der Waals surface area (Å²) in [5.41, 5.74) is 2.55. The number of benzene rings is 2. The monoisotopic (exact) mass is 404 g/mol. The van der Waals surface area contributed by atoms with Crippen molar-refractivity contribution in [1.29, 1.82) is 0 Å². The summed E-state index contributed by atoms with van der Waals surface area (Å²) < 4.78 is 5.27. The number of nitro groups is 1. The van der Waals surface area contributed by atoms with E-state index in [2.05, 4.69) is 15.8 Å². The molecule has 0 saturated heterocycles. The second kappa shape index (κ2) is 10.0. The van der Waals surface area contributed by atoms with Gasteiger partial charge in [-0.05, 0) is 31.2 Å². The van der Waals surface area contributed by atoms with Gasteiger partial charge in [0, 0.05) is 17.5 Å². The molecule has 0 spiro atoms. The standard InChI is InChI=1S/C18H17ClN4O5/c1-12(21-22-18(25)11-28-14-5-3-2-4-6-14)9-17(24)20-13-7-8-15(19)16(10-13)23(26)27/h2-8,10H,9,11H2,1H3,(H,20,24)(H,22,25). The van der Waals surface area contributed by atoms with Gasteiger partial charge >= 0.3 is 0 Å². The summed E-state index contributed by atoms with van der Waals surface area (Å²) in [4.78, 5) is 34.0. The average Bonchev–Trinajstić information content (AvgIpc) is 2.66. The number of anilines is 1. The first kappa shape index (κ1) is 20.8. The Morgan fingerprint density at radius 2 is 1.89 bits per heavy atom. The first-order chi connectivity index (χ1) is 13.3. The second-order valence-corrected chi connectivity index (χ2v) is 6.04. The Kier molecular flexibility index (Phi) is 7.46. The Balaban J connectivity index is 1.82. The zero-order chi connectivity index (χ0) is 20.5. The van der Waals surface area contributed by atoms with Crippen LogP contribution in [0.3, 0.4) is 0 Å². The van der Waals surface area contributed by atoms with Gasteiger partial charge < -0.3 is 10.1 Å². The summed E-state index contributed by atoms with van der Waals surface area (Å²) >= 11 is 5.72. The van der Waals surface area contributed by atoms with E-state index in [1.807, 2.05) is 6.07 Å². The first-order valence-corrected chi connectivity index (χ1v) is 8.46. The van der Waals surface area contributed by atoms with Gasteiger partial charge in [0.2, 0.25) is 5.91 Å². The molecule has 0 radical (unpaired) electrons. The third-order valence-electron chi connectivity index (χ3n) is 3.33. The molecule has 0 aromatic heterocycles. The molecule has 2 aromatic rings. The van der Waals surface area contributed by atoms with Crippen LogP contribution in [0.15, 0.2) is 53.6 Å². The van der Waals surface area contributed by atoms with Crippen LogP contribution in [0.2, 0.25) is 5.02 Å². The van der Waals surface area contributed by atoms with Crippen LogP contribution in [0.25, 0.3) is 0 Å². The number of nitrogens with one attached hydrogen (secondary N) is 2. The van der Waals surface area contributed by atoms with Crippen molar-refractivity contribution in [1.82, 2.24) is 5.43 Å². The molecule has 0 aliphatic rings. The number of rotatable bonds is 8. The molecule has 0 fully saturated rings. The highest BCUT2D eigenvalue weighted by molar-refractivity contribution is 6.32. The van der Waals surface area contributed by atoms with E-state index in [-0.39, 0.29) is 29.4 Å². The van der Waals surface area contributed by atoms with Gasteiger partial charge in [0.15, 0.2) is 6.61 Å². The molecule has 0 aliphatic heterocycles. The van der Waals surface area contributed by atoms with Crippen LogP contribution in [0, 0.1) is 10.1 Å². The number of carbonyl (C=O) groups is 2. The average molecular weight is 405 g/mol. The molecular formula is C18H17ClN4O5. The molecular weight excluding hydrogens is 388 g/mol. The van der Waals surface area contributed by atoms with Crippen molar-refractivity contribution in [3.63, 3.8) is 0 Å². The first-order valence-electron chi connectivity index (χ1n) is 8.09. The third kappa shape index (κ3) is 6.69. The van der Waals surface area contributed by atoms with Gasteiger partial charge in [-0.3, -0.25) is 19.7 Å². The Morgan fingerprint density at radius 1 is 1.18 bits per heavy atom. The smallest absolute Gasteiger partial charge is 0.289 e. The minimum atomic E-state index is -0.641. The summed E-state index contributed by atoms with van der Waals surface area (Å²) in [6, 6.07) is 12.8. The Morgan fingerprint density at radius 3 is 2.57 bits per heavy atom. The lowest BCUT2D eigenvalue weighted by Crippen LogP contribution is -2.26. The van der Waals surface area contributed by atoms with Crippen molar-refractivity contribution in [2.75, 3.05) is 11.9 Å². The molecule has 2 amide bonds. The van der Waals surface area contributed by atoms with Gasteiger partial charge in [-0.1, -0.05) is 29.8 Å². The summed E-state index contributed by atoms with van der Waals surface area (Å²) in [7, 11) is 0. The number of hydrogen-bond donors (Lipinski definition) is 2. The zero-order valence-electron chi connectivity index (χ0n) is 14.8. The van der Waals surface area contributed by atoms with E-state index in [0.29, 0.717) is 11.5 Å². The largest absolute Gasteiger partial charge is 0.484 e. The molecule has 0 atom stereocenters. The van der Waals surface area contributed by atoms with E-state index in [9.17, 15) is 19.7 Å². The van der Waals surface area contributed by atoms with E-state index < -0.39 is 16.7 Å². The van der Waals surface area contributed by atoms with Crippen LogP contribution in [0.4, 0.5) is 11.4 Å². The number of amides is 2. The highest BCUT2D eigenvalue weighted by Crippen LogP contribution is 2.27. The van der Waals surface area contributed by atoms with Crippen LogP contribution in [0.5, 0.6) is 5.75 Å². The molecule has 2 rings (SSSR count). The Hall–Kier alpha value is -3.46. The SMILES string of the molecule is CC(CC(=O)Nc1ccc(Cl)c([N+](=O)[O-])c1)=NNC(=O)COc1ccccc1. The maximum absolute atomic E-state index is 12.0. The van der Waals surface area contributed by atoms with E-state index in [1.165, 1.54) is 12.1 Å². The number of nitro benzene ring substituents is 1. The Labute approximate surface area is 165 Å². The van der Waals surface area contributed by atoms with Crippen LogP contribution in [0.1, 0.15) is 13.3 Å². The van der Waals surface area contributed by atoms with E-state index in [1.54, 1.807) is 31.2 Å². The highest BCUT2D eigenvalue weighted by Gasteiger charge is 2.14. The Bertz CT molecular complexity index is 902. The lowest BCUT2D eigenvalue weighted by Gasteiger charge is -2.07. The second-order valence-electron chi connectivity index (χ2n) is 5.63.